The van der Waals surface area contributed by atoms with E-state index >= 15 is 0 Å². The van der Waals surface area contributed by atoms with E-state index in [-0.39, 0.29) is 0 Å². The van der Waals surface area contributed by atoms with Gasteiger partial charge < -0.3 is 4.89 Å². The van der Waals surface area contributed by atoms with Gasteiger partial charge in [0.25, 0.3) is 6.57 Å². The molecule has 2 nitrogen and oxygen atoms in total. The summed E-state index contributed by atoms with van der Waals surface area (Å²) in [5.74, 6) is 0. The lowest BCUT2D eigenvalue weighted by molar-refractivity contribution is 0.503. The van der Waals surface area contributed by atoms with E-state index < -0.39 is 6.57 Å². The quantitative estimate of drug-likeness (QED) is 0.725. The number of hydrogen-bond acceptors (Lipinski definition) is 2. The Bertz CT molecular complexity index is 267. The van der Waals surface area contributed by atoms with Crippen molar-refractivity contribution in [1.29, 1.82) is 0 Å². The molecule has 0 fully saturated rings. The van der Waals surface area contributed by atoms with Gasteiger partial charge in [-0.3, -0.25) is 4.57 Å². The van der Waals surface area contributed by atoms with Crippen molar-refractivity contribution >= 4 is 18.0 Å². The van der Waals surface area contributed by atoms with Gasteiger partial charge in [-0.15, -0.1) is 0 Å². The zero-order valence-electron chi connectivity index (χ0n) is 6.10. The van der Waals surface area contributed by atoms with Crippen LogP contribution in [0.3, 0.4) is 0 Å². The smallest absolute Gasteiger partial charge is 0.256 e. The summed E-state index contributed by atoms with van der Waals surface area (Å²) in [5.41, 5.74) is 0. The molecular formula is C7H9O2PS. The predicted octanol–water partition coefficient (Wildman–Crippen LogP) is 2.59. The molecule has 0 saturated carbocycles. The summed E-state index contributed by atoms with van der Waals surface area (Å²) >= 11 is 1.01. The Hall–Kier alpha value is -0.240. The Morgan fingerprint density at radius 3 is 2.36 bits per heavy atom. The molecule has 1 atom stereocenters. The van der Waals surface area contributed by atoms with Gasteiger partial charge in [0.2, 0.25) is 0 Å². The Balaban J connectivity index is 2.74. The largest absolute Gasteiger partial charge is 0.337 e. The zero-order valence-corrected chi connectivity index (χ0v) is 7.81. The van der Waals surface area contributed by atoms with Gasteiger partial charge >= 0.3 is 0 Å². The fraction of sp³-hybridized carbons (Fsp3) is 0.143. The van der Waals surface area contributed by atoms with E-state index in [2.05, 4.69) is 0 Å². The average Bonchev–Trinajstić information content (AvgIpc) is 1.85. The second-order valence-electron chi connectivity index (χ2n) is 2.21. The summed E-state index contributed by atoms with van der Waals surface area (Å²) < 4.78 is 10.9. The van der Waals surface area contributed by atoms with E-state index in [0.717, 1.165) is 16.3 Å². The highest BCUT2D eigenvalue weighted by molar-refractivity contribution is 8.56. The van der Waals surface area contributed by atoms with Gasteiger partial charge in [0, 0.05) is 11.6 Å². The van der Waals surface area contributed by atoms with Crippen molar-refractivity contribution in [1.82, 2.24) is 0 Å². The Morgan fingerprint density at radius 2 is 1.91 bits per heavy atom. The first-order chi connectivity index (χ1) is 5.08. The molecule has 1 aromatic carbocycles. The normalized spacial score (nSPS) is 15.8. The molecule has 0 aromatic heterocycles. The summed E-state index contributed by atoms with van der Waals surface area (Å²) in [7, 11) is 0. The van der Waals surface area contributed by atoms with Crippen LogP contribution in [-0.4, -0.2) is 11.6 Å². The van der Waals surface area contributed by atoms with Gasteiger partial charge in [0.15, 0.2) is 0 Å². The third-order valence-corrected chi connectivity index (χ3v) is 3.49. The van der Waals surface area contributed by atoms with E-state index in [1.165, 1.54) is 6.66 Å². The van der Waals surface area contributed by atoms with Crippen molar-refractivity contribution in [2.45, 2.75) is 4.90 Å². The zero-order chi connectivity index (χ0) is 8.32. The van der Waals surface area contributed by atoms with Crippen molar-refractivity contribution in [2.75, 3.05) is 6.66 Å². The van der Waals surface area contributed by atoms with Crippen molar-refractivity contribution in [2.24, 2.45) is 0 Å². The second-order valence-corrected chi connectivity index (χ2v) is 7.05. The van der Waals surface area contributed by atoms with Crippen LogP contribution in [0.1, 0.15) is 0 Å². The lowest BCUT2D eigenvalue weighted by Crippen LogP contribution is -1.70. The van der Waals surface area contributed by atoms with E-state index in [9.17, 15) is 4.57 Å². The minimum absolute atomic E-state index is 0.834. The Kier molecular flexibility index (Phi) is 2.77. The molecule has 11 heavy (non-hydrogen) atoms. The van der Waals surface area contributed by atoms with Gasteiger partial charge in [-0.1, -0.05) is 18.2 Å². The molecule has 1 rings (SSSR count). The molecule has 0 aliphatic rings. The molecule has 0 saturated heterocycles. The molecule has 0 aliphatic heterocycles. The fourth-order valence-electron chi connectivity index (χ4n) is 0.677. The lowest BCUT2D eigenvalue weighted by Gasteiger charge is -2.02. The molecule has 4 heteroatoms. The van der Waals surface area contributed by atoms with Crippen LogP contribution in [0.2, 0.25) is 0 Å². The third kappa shape index (κ3) is 3.61. The van der Waals surface area contributed by atoms with E-state index in [1.54, 1.807) is 0 Å². The first kappa shape index (κ1) is 8.85. The van der Waals surface area contributed by atoms with Crippen molar-refractivity contribution in [3.63, 3.8) is 0 Å². The average molecular weight is 188 g/mol. The topological polar surface area (TPSA) is 37.3 Å². The Morgan fingerprint density at radius 1 is 1.36 bits per heavy atom. The molecule has 0 spiro atoms. The van der Waals surface area contributed by atoms with E-state index in [4.69, 9.17) is 4.89 Å². The minimum atomic E-state index is -2.97. The van der Waals surface area contributed by atoms with Gasteiger partial charge in [-0.25, -0.2) is 0 Å². The molecule has 0 aliphatic carbocycles. The van der Waals surface area contributed by atoms with Crippen LogP contribution >= 0.6 is 18.0 Å². The monoisotopic (exact) mass is 188 g/mol. The molecule has 1 N–H and O–H groups in total. The molecular weight excluding hydrogens is 179 g/mol. The maximum atomic E-state index is 10.9. The standard InChI is InChI=1S/C7H9O2PS/c1-10(8,9)11-7-5-3-2-4-6-7/h2-6H,1H3,(H,8,9). The molecule has 1 aromatic rings. The maximum Gasteiger partial charge on any atom is 0.256 e. The summed E-state index contributed by atoms with van der Waals surface area (Å²) in [5, 5.41) is 0. The molecule has 0 radical (unpaired) electrons. The summed E-state index contributed by atoms with van der Waals surface area (Å²) in [6.07, 6.45) is 0. The summed E-state index contributed by atoms with van der Waals surface area (Å²) in [6, 6.07) is 9.20. The highest BCUT2D eigenvalue weighted by Gasteiger charge is 2.10. The molecule has 0 amide bonds. The maximum absolute atomic E-state index is 10.9. The fourth-order valence-corrected chi connectivity index (χ4v) is 2.89. The molecule has 0 bridgehead atoms. The first-order valence-electron chi connectivity index (χ1n) is 3.13. The SMILES string of the molecule is CP(=O)(O)Sc1ccccc1. The van der Waals surface area contributed by atoms with Crippen LogP contribution in [0.25, 0.3) is 0 Å². The van der Waals surface area contributed by atoms with E-state index in [1.807, 2.05) is 30.3 Å². The predicted molar refractivity (Wildman–Crippen MR) is 48.0 cm³/mol. The van der Waals surface area contributed by atoms with Crippen molar-refractivity contribution in [3.05, 3.63) is 30.3 Å². The molecule has 60 valence electrons. The van der Waals surface area contributed by atoms with Gasteiger partial charge in [0.1, 0.15) is 0 Å². The number of benzene rings is 1. The van der Waals surface area contributed by atoms with Crippen LogP contribution in [0.15, 0.2) is 35.2 Å². The molecule has 0 heterocycles. The number of rotatable bonds is 2. The highest BCUT2D eigenvalue weighted by Crippen LogP contribution is 2.54. The van der Waals surface area contributed by atoms with Gasteiger partial charge in [-0.2, -0.15) is 0 Å². The highest BCUT2D eigenvalue weighted by atomic mass is 32.7. The Labute approximate surface area is 69.8 Å². The van der Waals surface area contributed by atoms with Crippen LogP contribution < -0.4 is 0 Å². The van der Waals surface area contributed by atoms with Crippen LogP contribution in [0, 0.1) is 0 Å². The third-order valence-electron chi connectivity index (χ3n) is 1.02. The molecule has 1 unspecified atom stereocenters. The lowest BCUT2D eigenvalue weighted by atomic mass is 10.4. The van der Waals surface area contributed by atoms with Crippen LogP contribution in [-0.2, 0) is 4.57 Å². The van der Waals surface area contributed by atoms with E-state index in [0.29, 0.717) is 0 Å². The van der Waals surface area contributed by atoms with Crippen LogP contribution in [0.4, 0.5) is 0 Å². The summed E-state index contributed by atoms with van der Waals surface area (Å²) in [6.45, 7) is -1.63. The minimum Gasteiger partial charge on any atom is -0.337 e. The van der Waals surface area contributed by atoms with Gasteiger partial charge in [0.05, 0.1) is 0 Å². The second kappa shape index (κ2) is 3.44. The van der Waals surface area contributed by atoms with Gasteiger partial charge in [-0.05, 0) is 23.5 Å². The number of hydrogen-bond donors (Lipinski definition) is 1. The summed E-state index contributed by atoms with van der Waals surface area (Å²) in [4.78, 5) is 9.82. The van der Waals surface area contributed by atoms with Crippen molar-refractivity contribution < 1.29 is 9.46 Å². The first-order valence-corrected chi connectivity index (χ1v) is 6.66. The van der Waals surface area contributed by atoms with Crippen LogP contribution in [0.5, 0.6) is 0 Å². The van der Waals surface area contributed by atoms with Crippen molar-refractivity contribution in [3.8, 4) is 0 Å².